The number of likely N-dealkylation sites (tertiary alicyclic amines) is 1. The van der Waals surface area contributed by atoms with Crippen LogP contribution in [0.15, 0.2) is 24.3 Å². The van der Waals surface area contributed by atoms with Crippen molar-refractivity contribution in [3.8, 4) is 0 Å². The summed E-state index contributed by atoms with van der Waals surface area (Å²) in [6.45, 7) is 6.58. The zero-order chi connectivity index (χ0) is 15.6. The lowest BCUT2D eigenvalue weighted by Gasteiger charge is -2.31. The lowest BCUT2D eigenvalue weighted by Crippen LogP contribution is -2.54. The second-order valence-electron chi connectivity index (χ2n) is 6.46. The number of rotatable bonds is 4. The summed E-state index contributed by atoms with van der Waals surface area (Å²) in [4.78, 5) is 14.5. The Morgan fingerprint density at radius 2 is 2.00 bits per heavy atom. The highest BCUT2D eigenvalue weighted by atomic mass is 35.5. The maximum absolute atomic E-state index is 13.0. The van der Waals surface area contributed by atoms with Gasteiger partial charge in [0.15, 0.2) is 0 Å². The van der Waals surface area contributed by atoms with Crippen molar-refractivity contribution >= 4 is 18.3 Å². The summed E-state index contributed by atoms with van der Waals surface area (Å²) in [5.41, 5.74) is 6.48. The van der Waals surface area contributed by atoms with E-state index >= 15 is 0 Å². The number of carbonyl (C=O) groups is 1. The van der Waals surface area contributed by atoms with Crippen LogP contribution in [0.5, 0.6) is 0 Å². The largest absolute Gasteiger partial charge is 0.338 e. The van der Waals surface area contributed by atoms with Gasteiger partial charge in [-0.2, -0.15) is 0 Å². The molecule has 3 unspecified atom stereocenters. The van der Waals surface area contributed by atoms with Crippen molar-refractivity contribution in [3.05, 3.63) is 35.6 Å². The molecular weight excluding hydrogens is 303 g/mol. The fourth-order valence-corrected chi connectivity index (χ4v) is 3.24. The molecule has 0 spiro atoms. The Bertz CT molecular complexity index is 504. The minimum atomic E-state index is -0.791. The van der Waals surface area contributed by atoms with Crippen LogP contribution in [0, 0.1) is 5.82 Å². The summed E-state index contributed by atoms with van der Waals surface area (Å²) in [5.74, 6) is 0.0682. The predicted octanol–water partition coefficient (Wildman–Crippen LogP) is 3.47. The summed E-state index contributed by atoms with van der Waals surface area (Å²) in [5, 5.41) is 0. The average molecular weight is 329 g/mol. The Labute approximate surface area is 138 Å². The molecular formula is C17H26ClFN2O. The molecule has 0 aliphatic carbocycles. The fraction of sp³-hybridized carbons (Fsp3) is 0.588. The van der Waals surface area contributed by atoms with Crippen LogP contribution >= 0.6 is 12.4 Å². The zero-order valence-corrected chi connectivity index (χ0v) is 14.3. The van der Waals surface area contributed by atoms with E-state index in [9.17, 15) is 9.18 Å². The highest BCUT2D eigenvalue weighted by molar-refractivity contribution is 5.86. The fourth-order valence-electron chi connectivity index (χ4n) is 3.24. The van der Waals surface area contributed by atoms with E-state index in [1.165, 1.54) is 12.1 Å². The highest BCUT2D eigenvalue weighted by Crippen LogP contribution is 2.33. The molecule has 1 heterocycles. The number of carbonyl (C=O) groups excluding carboxylic acids is 1. The van der Waals surface area contributed by atoms with Crippen LogP contribution in [-0.2, 0) is 4.79 Å². The van der Waals surface area contributed by atoms with Gasteiger partial charge < -0.3 is 10.6 Å². The van der Waals surface area contributed by atoms with E-state index in [4.69, 9.17) is 5.73 Å². The van der Waals surface area contributed by atoms with E-state index in [2.05, 4.69) is 6.92 Å². The quantitative estimate of drug-likeness (QED) is 0.920. The Kier molecular flexibility index (Phi) is 6.38. The van der Waals surface area contributed by atoms with E-state index in [1.807, 2.05) is 30.9 Å². The molecule has 3 atom stereocenters. The lowest BCUT2D eigenvalue weighted by molar-refractivity contribution is -0.137. The summed E-state index contributed by atoms with van der Waals surface area (Å²) >= 11 is 0. The zero-order valence-electron chi connectivity index (χ0n) is 13.5. The molecule has 0 bridgehead atoms. The Hall–Kier alpha value is -1.13. The van der Waals surface area contributed by atoms with Crippen LogP contribution in [0.25, 0.3) is 0 Å². The van der Waals surface area contributed by atoms with Gasteiger partial charge in [-0.05, 0) is 44.4 Å². The lowest BCUT2D eigenvalue weighted by atomic mass is 9.95. The van der Waals surface area contributed by atoms with Gasteiger partial charge in [0.25, 0.3) is 0 Å². The molecule has 2 rings (SSSR count). The van der Waals surface area contributed by atoms with Crippen LogP contribution in [0.1, 0.15) is 51.5 Å². The molecule has 3 nitrogen and oxygen atoms in total. The van der Waals surface area contributed by atoms with Gasteiger partial charge >= 0.3 is 0 Å². The SMILES string of the molecule is CCCC(C)(N)C(=O)N1CC(c2ccc(F)cc2)CC1C.Cl. The first kappa shape index (κ1) is 18.9. The van der Waals surface area contributed by atoms with Crippen molar-refractivity contribution in [2.75, 3.05) is 6.54 Å². The molecule has 1 fully saturated rings. The standard InChI is InChI=1S/C17H25FN2O.ClH/c1-4-9-17(3,19)16(21)20-11-14(10-12(20)2)13-5-7-15(18)8-6-13;/h5-8,12,14H,4,9-11,19H2,1-3H3;1H. The molecule has 124 valence electrons. The van der Waals surface area contributed by atoms with Crippen molar-refractivity contribution in [3.63, 3.8) is 0 Å². The molecule has 0 radical (unpaired) electrons. The van der Waals surface area contributed by atoms with E-state index < -0.39 is 5.54 Å². The average Bonchev–Trinajstić information content (AvgIpc) is 2.80. The topological polar surface area (TPSA) is 46.3 Å². The number of nitrogens with two attached hydrogens (primary N) is 1. The number of amides is 1. The van der Waals surface area contributed by atoms with E-state index in [-0.39, 0.29) is 36.1 Å². The summed E-state index contributed by atoms with van der Waals surface area (Å²) in [6.07, 6.45) is 2.48. The minimum absolute atomic E-state index is 0. The maximum Gasteiger partial charge on any atom is 0.242 e. The van der Waals surface area contributed by atoms with Gasteiger partial charge in [0.05, 0.1) is 5.54 Å². The molecule has 0 saturated carbocycles. The van der Waals surface area contributed by atoms with Crippen molar-refractivity contribution in [2.24, 2.45) is 5.73 Å². The first-order valence-corrected chi connectivity index (χ1v) is 7.70. The number of hydrogen-bond acceptors (Lipinski definition) is 2. The number of halogens is 2. The van der Waals surface area contributed by atoms with Gasteiger partial charge in [-0.1, -0.05) is 25.5 Å². The molecule has 22 heavy (non-hydrogen) atoms. The Balaban J connectivity index is 0.00000242. The highest BCUT2D eigenvalue weighted by Gasteiger charge is 2.39. The normalized spacial score (nSPS) is 23.8. The number of benzene rings is 1. The molecule has 1 aromatic rings. The van der Waals surface area contributed by atoms with Crippen LogP contribution in [0.4, 0.5) is 4.39 Å². The van der Waals surface area contributed by atoms with Crippen LogP contribution < -0.4 is 5.73 Å². The molecule has 0 aromatic heterocycles. The molecule has 1 saturated heterocycles. The minimum Gasteiger partial charge on any atom is -0.338 e. The first-order chi connectivity index (χ1) is 9.85. The Morgan fingerprint density at radius 3 is 2.55 bits per heavy atom. The summed E-state index contributed by atoms with van der Waals surface area (Å²) < 4.78 is 13.0. The Morgan fingerprint density at radius 1 is 1.41 bits per heavy atom. The van der Waals surface area contributed by atoms with Gasteiger partial charge in [0.1, 0.15) is 5.82 Å². The molecule has 2 N–H and O–H groups in total. The number of hydrogen-bond donors (Lipinski definition) is 1. The summed E-state index contributed by atoms with van der Waals surface area (Å²) in [7, 11) is 0. The molecule has 5 heteroatoms. The van der Waals surface area contributed by atoms with Crippen LogP contribution in [0.3, 0.4) is 0 Å². The van der Waals surface area contributed by atoms with E-state index in [0.29, 0.717) is 13.0 Å². The second-order valence-corrected chi connectivity index (χ2v) is 6.46. The third kappa shape index (κ3) is 3.99. The van der Waals surface area contributed by atoms with Gasteiger partial charge in [0, 0.05) is 18.5 Å². The van der Waals surface area contributed by atoms with Gasteiger partial charge in [-0.25, -0.2) is 4.39 Å². The predicted molar refractivity (Wildman–Crippen MR) is 89.7 cm³/mol. The van der Waals surface area contributed by atoms with Crippen LogP contribution in [-0.4, -0.2) is 28.9 Å². The maximum atomic E-state index is 13.0. The van der Waals surface area contributed by atoms with Crippen molar-refractivity contribution < 1.29 is 9.18 Å². The molecule has 1 aliphatic heterocycles. The summed E-state index contributed by atoms with van der Waals surface area (Å²) in [6, 6.07) is 6.76. The van der Waals surface area contributed by atoms with Crippen molar-refractivity contribution in [2.45, 2.75) is 57.5 Å². The first-order valence-electron chi connectivity index (χ1n) is 7.70. The smallest absolute Gasteiger partial charge is 0.242 e. The van der Waals surface area contributed by atoms with Crippen LogP contribution in [0.2, 0.25) is 0 Å². The van der Waals surface area contributed by atoms with Gasteiger partial charge in [-0.3, -0.25) is 4.79 Å². The molecule has 1 aromatic carbocycles. The molecule has 1 amide bonds. The van der Waals surface area contributed by atoms with Crippen molar-refractivity contribution in [1.29, 1.82) is 0 Å². The number of nitrogens with zero attached hydrogens (tertiary/aromatic N) is 1. The van der Waals surface area contributed by atoms with Gasteiger partial charge in [0.2, 0.25) is 5.91 Å². The molecule has 1 aliphatic rings. The second kappa shape index (κ2) is 7.42. The third-order valence-corrected chi connectivity index (χ3v) is 4.43. The van der Waals surface area contributed by atoms with Crippen molar-refractivity contribution in [1.82, 2.24) is 4.90 Å². The van der Waals surface area contributed by atoms with E-state index in [1.54, 1.807) is 0 Å². The monoisotopic (exact) mass is 328 g/mol. The van der Waals surface area contributed by atoms with Gasteiger partial charge in [-0.15, -0.1) is 12.4 Å². The third-order valence-electron chi connectivity index (χ3n) is 4.43. The van der Waals surface area contributed by atoms with E-state index in [0.717, 1.165) is 18.4 Å².